The van der Waals surface area contributed by atoms with Crippen molar-refractivity contribution >= 4 is 23.3 Å². The van der Waals surface area contributed by atoms with Crippen molar-refractivity contribution in [3.63, 3.8) is 0 Å². The quantitative estimate of drug-likeness (QED) is 0.881. The lowest BCUT2D eigenvalue weighted by atomic mass is 10.2. The molecule has 21 heavy (non-hydrogen) atoms. The summed E-state index contributed by atoms with van der Waals surface area (Å²) in [4.78, 5) is 12.1. The second-order valence-corrected chi connectivity index (χ2v) is 4.85. The van der Waals surface area contributed by atoms with E-state index in [9.17, 15) is 9.18 Å². The predicted octanol–water partition coefficient (Wildman–Crippen LogP) is 2.94. The molecule has 0 radical (unpaired) electrons. The van der Waals surface area contributed by atoms with Crippen molar-refractivity contribution in [2.24, 2.45) is 0 Å². The molecule has 0 bridgehead atoms. The van der Waals surface area contributed by atoms with Gasteiger partial charge in [-0.3, -0.25) is 4.68 Å². The predicted molar refractivity (Wildman–Crippen MR) is 77.6 cm³/mol. The molecule has 7 heteroatoms. The van der Waals surface area contributed by atoms with Gasteiger partial charge in [0.25, 0.3) is 0 Å². The van der Waals surface area contributed by atoms with E-state index in [1.54, 1.807) is 6.92 Å². The number of benzene rings is 1. The molecule has 0 saturated heterocycles. The topological polar surface area (TPSA) is 70.1 Å². The summed E-state index contributed by atoms with van der Waals surface area (Å²) in [5, 5.41) is 4.34. The Bertz CT molecular complexity index is 665. The first kappa shape index (κ1) is 15.3. The number of hydrogen-bond donors (Lipinski definition) is 1. The summed E-state index contributed by atoms with van der Waals surface area (Å²) in [5.74, 6) is -1.18. The van der Waals surface area contributed by atoms with Gasteiger partial charge in [-0.1, -0.05) is 17.7 Å². The van der Waals surface area contributed by atoms with E-state index in [0.717, 1.165) is 0 Å². The van der Waals surface area contributed by atoms with Gasteiger partial charge in [-0.25, -0.2) is 9.18 Å². The third kappa shape index (κ3) is 3.00. The number of hydrogen-bond acceptors (Lipinski definition) is 4. The van der Waals surface area contributed by atoms with E-state index < -0.39 is 11.8 Å². The highest BCUT2D eigenvalue weighted by Gasteiger charge is 2.21. The van der Waals surface area contributed by atoms with Crippen LogP contribution in [-0.4, -0.2) is 15.7 Å². The first-order valence-electron chi connectivity index (χ1n) is 6.38. The van der Waals surface area contributed by atoms with Crippen molar-refractivity contribution in [3.8, 4) is 0 Å². The van der Waals surface area contributed by atoms with Gasteiger partial charge in [-0.05, 0) is 26.0 Å². The van der Waals surface area contributed by atoms with Gasteiger partial charge < -0.3 is 10.5 Å². The van der Waals surface area contributed by atoms with Crippen LogP contribution in [0.2, 0.25) is 5.02 Å². The van der Waals surface area contributed by atoms with Crippen molar-refractivity contribution in [1.82, 2.24) is 9.78 Å². The van der Waals surface area contributed by atoms with Gasteiger partial charge in [0.05, 0.1) is 16.4 Å². The van der Waals surface area contributed by atoms with Crippen LogP contribution >= 0.6 is 11.6 Å². The van der Waals surface area contributed by atoms with Gasteiger partial charge in [0.2, 0.25) is 0 Å². The molecule has 2 rings (SSSR count). The number of nitrogens with zero attached hydrogens (tertiary/aromatic N) is 2. The fourth-order valence-corrected chi connectivity index (χ4v) is 2.13. The Kier molecular flexibility index (Phi) is 4.47. The van der Waals surface area contributed by atoms with E-state index in [1.165, 1.54) is 22.9 Å². The fourth-order valence-electron chi connectivity index (χ4n) is 1.92. The zero-order chi connectivity index (χ0) is 15.6. The fraction of sp³-hybridized carbons (Fsp3) is 0.286. The maximum atomic E-state index is 13.6. The van der Waals surface area contributed by atoms with Crippen LogP contribution in [-0.2, 0) is 17.9 Å². The number of nitrogens with two attached hydrogens (primary N) is 1. The molecule has 0 atom stereocenters. The van der Waals surface area contributed by atoms with Crippen LogP contribution in [0.5, 0.6) is 0 Å². The lowest BCUT2D eigenvalue weighted by Gasteiger charge is -2.09. The maximum Gasteiger partial charge on any atom is 0.359 e. The SMILES string of the molecule is CCn1nc(C)c(N)c1C(=O)OCc1c(F)cccc1Cl. The third-order valence-corrected chi connectivity index (χ3v) is 3.43. The molecule has 2 N–H and O–H groups in total. The number of carbonyl (C=O) groups excluding carboxylic acids is 1. The Morgan fingerprint density at radius 1 is 1.52 bits per heavy atom. The van der Waals surface area contributed by atoms with E-state index in [1.807, 2.05) is 6.92 Å². The molecule has 0 amide bonds. The van der Waals surface area contributed by atoms with E-state index in [4.69, 9.17) is 22.1 Å². The van der Waals surface area contributed by atoms with Gasteiger partial charge >= 0.3 is 5.97 Å². The van der Waals surface area contributed by atoms with Crippen molar-refractivity contribution in [2.45, 2.75) is 27.0 Å². The summed E-state index contributed by atoms with van der Waals surface area (Å²) in [7, 11) is 0. The van der Waals surface area contributed by atoms with E-state index in [0.29, 0.717) is 12.2 Å². The van der Waals surface area contributed by atoms with Crippen molar-refractivity contribution in [3.05, 3.63) is 46.0 Å². The number of halogens is 2. The molecule has 1 aromatic heterocycles. The molecule has 0 unspecified atom stereocenters. The summed E-state index contributed by atoms with van der Waals surface area (Å²) < 4.78 is 20.2. The van der Waals surface area contributed by atoms with Crippen LogP contribution in [0.25, 0.3) is 0 Å². The molecule has 5 nitrogen and oxygen atoms in total. The van der Waals surface area contributed by atoms with Gasteiger partial charge in [0.15, 0.2) is 5.69 Å². The lowest BCUT2D eigenvalue weighted by molar-refractivity contribution is 0.0456. The Hall–Kier alpha value is -2.08. The first-order valence-corrected chi connectivity index (χ1v) is 6.76. The molecule has 0 spiro atoms. The number of esters is 1. The highest BCUT2D eigenvalue weighted by molar-refractivity contribution is 6.31. The number of rotatable bonds is 4. The standard InChI is InChI=1S/C14H15ClFN3O2/c1-3-19-13(12(17)8(2)18-19)14(20)21-7-9-10(15)5-4-6-11(9)16/h4-6H,3,7,17H2,1-2H3. The average Bonchev–Trinajstić information content (AvgIpc) is 2.73. The van der Waals surface area contributed by atoms with Gasteiger partial charge in [-0.2, -0.15) is 5.10 Å². The van der Waals surface area contributed by atoms with E-state index >= 15 is 0 Å². The van der Waals surface area contributed by atoms with Crippen LogP contribution in [0.15, 0.2) is 18.2 Å². The number of nitrogen functional groups attached to an aromatic ring is 1. The molecule has 0 aliphatic heterocycles. The molecule has 1 heterocycles. The number of aryl methyl sites for hydroxylation is 2. The average molecular weight is 312 g/mol. The second-order valence-electron chi connectivity index (χ2n) is 4.44. The van der Waals surface area contributed by atoms with Crippen molar-refractivity contribution < 1.29 is 13.9 Å². The minimum Gasteiger partial charge on any atom is -0.456 e. The van der Waals surface area contributed by atoms with Crippen molar-refractivity contribution in [2.75, 3.05) is 5.73 Å². The maximum absolute atomic E-state index is 13.6. The molecule has 2 aromatic rings. The van der Waals surface area contributed by atoms with E-state index in [-0.39, 0.29) is 28.6 Å². The van der Waals surface area contributed by atoms with Crippen LogP contribution in [0.3, 0.4) is 0 Å². The normalized spacial score (nSPS) is 10.7. The Balaban J connectivity index is 2.20. The zero-order valence-corrected chi connectivity index (χ0v) is 12.4. The Morgan fingerprint density at radius 3 is 2.86 bits per heavy atom. The molecular weight excluding hydrogens is 297 g/mol. The lowest BCUT2D eigenvalue weighted by Crippen LogP contribution is -2.14. The number of ether oxygens (including phenoxy) is 1. The van der Waals surface area contributed by atoms with Crippen LogP contribution in [0.4, 0.5) is 10.1 Å². The smallest absolute Gasteiger partial charge is 0.359 e. The summed E-state index contributed by atoms with van der Waals surface area (Å²) in [5.41, 5.74) is 6.94. The van der Waals surface area contributed by atoms with E-state index in [2.05, 4.69) is 5.10 Å². The largest absolute Gasteiger partial charge is 0.456 e. The zero-order valence-electron chi connectivity index (χ0n) is 11.7. The summed E-state index contributed by atoms with van der Waals surface area (Å²) in [6, 6.07) is 4.27. The van der Waals surface area contributed by atoms with Crippen LogP contribution < -0.4 is 5.73 Å². The van der Waals surface area contributed by atoms with Crippen molar-refractivity contribution in [1.29, 1.82) is 0 Å². The summed E-state index contributed by atoms with van der Waals surface area (Å²) in [6.07, 6.45) is 0. The summed E-state index contributed by atoms with van der Waals surface area (Å²) in [6.45, 7) is 3.74. The van der Waals surface area contributed by atoms with Crippen LogP contribution in [0, 0.1) is 12.7 Å². The third-order valence-electron chi connectivity index (χ3n) is 3.08. The first-order chi connectivity index (χ1) is 9.95. The summed E-state index contributed by atoms with van der Waals surface area (Å²) >= 11 is 5.88. The highest BCUT2D eigenvalue weighted by atomic mass is 35.5. The Morgan fingerprint density at radius 2 is 2.24 bits per heavy atom. The molecule has 0 aliphatic carbocycles. The number of aromatic nitrogens is 2. The van der Waals surface area contributed by atoms with Crippen LogP contribution in [0.1, 0.15) is 28.7 Å². The second kappa shape index (κ2) is 6.13. The molecule has 0 saturated carbocycles. The monoisotopic (exact) mass is 311 g/mol. The Labute approximate surface area is 126 Å². The molecule has 0 fully saturated rings. The van der Waals surface area contributed by atoms with Gasteiger partial charge in [0, 0.05) is 12.1 Å². The molecule has 0 aliphatic rings. The minimum absolute atomic E-state index is 0.130. The van der Waals surface area contributed by atoms with Gasteiger partial charge in [0.1, 0.15) is 12.4 Å². The van der Waals surface area contributed by atoms with Gasteiger partial charge in [-0.15, -0.1) is 0 Å². The minimum atomic E-state index is -0.658. The molecule has 112 valence electrons. The molecule has 1 aromatic carbocycles. The number of carbonyl (C=O) groups is 1. The molecular formula is C14H15ClFN3O2. The number of anilines is 1. The highest BCUT2D eigenvalue weighted by Crippen LogP contribution is 2.22.